The Morgan fingerprint density at radius 3 is 2.88 bits per heavy atom. The lowest BCUT2D eigenvalue weighted by Crippen LogP contribution is -2.39. The van der Waals surface area contributed by atoms with Gasteiger partial charge in [0.1, 0.15) is 5.82 Å². The summed E-state index contributed by atoms with van der Waals surface area (Å²) in [4.78, 5) is 18.4. The minimum atomic E-state index is -0.332. The number of carbonyl (C=O) groups is 1. The molecule has 0 saturated carbocycles. The molecule has 7 heteroatoms. The van der Waals surface area contributed by atoms with Gasteiger partial charge >= 0.3 is 0 Å². The lowest BCUT2D eigenvalue weighted by Gasteiger charge is -2.31. The summed E-state index contributed by atoms with van der Waals surface area (Å²) in [5, 5.41) is 4.43. The van der Waals surface area contributed by atoms with Crippen LogP contribution in [-0.2, 0) is 11.3 Å². The third-order valence-corrected chi connectivity index (χ3v) is 4.79. The zero-order valence-electron chi connectivity index (χ0n) is 14.2. The third-order valence-electron chi connectivity index (χ3n) is 4.44. The Balaban J connectivity index is 1.45. The summed E-state index contributed by atoms with van der Waals surface area (Å²) in [5.74, 6) is -0.452. The van der Waals surface area contributed by atoms with Crippen LogP contribution < -0.4 is 5.43 Å². The fourth-order valence-corrected chi connectivity index (χ4v) is 3.19. The number of nitrogens with zero attached hydrogens (tertiary/aromatic N) is 3. The standard InChI is InChI=1S/C19H20ClFN4O/c20-18-10-17(21)4-3-16(18)13-25-8-5-15(6-9-25)19(26)24-23-12-14-2-1-7-22-11-14/h1-4,7,10-12,15H,5-6,8-9,13H2,(H,24,26)/b23-12+. The largest absolute Gasteiger partial charge is 0.299 e. The third kappa shape index (κ3) is 5.09. The van der Waals surface area contributed by atoms with Gasteiger partial charge in [0.25, 0.3) is 0 Å². The molecule has 0 radical (unpaired) electrons. The van der Waals surface area contributed by atoms with Crippen LogP contribution in [0.2, 0.25) is 5.02 Å². The molecule has 1 aliphatic heterocycles. The number of carbonyl (C=O) groups excluding carboxylic acids is 1. The molecule has 0 spiro atoms. The van der Waals surface area contributed by atoms with Crippen LogP contribution >= 0.6 is 11.6 Å². The minimum Gasteiger partial charge on any atom is -0.299 e. The number of hydrazone groups is 1. The molecule has 0 atom stereocenters. The van der Waals surface area contributed by atoms with Gasteiger partial charge in [-0.2, -0.15) is 5.10 Å². The first-order chi connectivity index (χ1) is 12.6. The van der Waals surface area contributed by atoms with Crippen molar-refractivity contribution in [1.82, 2.24) is 15.3 Å². The maximum absolute atomic E-state index is 13.1. The van der Waals surface area contributed by atoms with Gasteiger partial charge in [-0.25, -0.2) is 9.82 Å². The van der Waals surface area contributed by atoms with E-state index in [4.69, 9.17) is 11.6 Å². The number of pyridine rings is 1. The van der Waals surface area contributed by atoms with Gasteiger partial charge in [-0.05, 0) is 49.7 Å². The van der Waals surface area contributed by atoms with Crippen molar-refractivity contribution in [2.24, 2.45) is 11.0 Å². The van der Waals surface area contributed by atoms with Crippen LogP contribution in [0, 0.1) is 11.7 Å². The lowest BCUT2D eigenvalue weighted by molar-refractivity contribution is -0.126. The van der Waals surface area contributed by atoms with Crippen LogP contribution in [0.4, 0.5) is 4.39 Å². The summed E-state index contributed by atoms with van der Waals surface area (Å²) in [5.41, 5.74) is 4.33. The van der Waals surface area contributed by atoms with Crippen molar-refractivity contribution in [2.45, 2.75) is 19.4 Å². The molecule has 0 bridgehead atoms. The molecule has 0 unspecified atom stereocenters. The van der Waals surface area contributed by atoms with E-state index in [0.717, 1.165) is 37.1 Å². The molecule has 1 fully saturated rings. The molecule has 1 saturated heterocycles. The van der Waals surface area contributed by atoms with Crippen molar-refractivity contribution in [3.63, 3.8) is 0 Å². The zero-order valence-corrected chi connectivity index (χ0v) is 15.0. The van der Waals surface area contributed by atoms with Crippen molar-refractivity contribution in [3.05, 3.63) is 64.7 Å². The van der Waals surface area contributed by atoms with Crippen molar-refractivity contribution in [2.75, 3.05) is 13.1 Å². The molecule has 1 aromatic heterocycles. The highest BCUT2D eigenvalue weighted by Gasteiger charge is 2.25. The molecule has 1 aliphatic rings. The maximum Gasteiger partial charge on any atom is 0.243 e. The molecule has 5 nitrogen and oxygen atoms in total. The second-order valence-corrected chi connectivity index (χ2v) is 6.71. The van der Waals surface area contributed by atoms with Crippen LogP contribution in [0.5, 0.6) is 0 Å². The molecule has 2 heterocycles. The number of hydrogen-bond acceptors (Lipinski definition) is 4. The molecular weight excluding hydrogens is 355 g/mol. The minimum absolute atomic E-state index is 0.0546. The number of likely N-dealkylation sites (tertiary alicyclic amines) is 1. The molecule has 0 aliphatic carbocycles. The van der Waals surface area contributed by atoms with Crippen molar-refractivity contribution < 1.29 is 9.18 Å². The SMILES string of the molecule is O=C(N/N=C/c1cccnc1)C1CCN(Cc2ccc(F)cc2Cl)CC1. The summed E-state index contributed by atoms with van der Waals surface area (Å²) in [6.45, 7) is 2.24. The number of nitrogens with one attached hydrogen (secondary N) is 1. The number of benzene rings is 1. The van der Waals surface area contributed by atoms with Gasteiger partial charge in [-0.3, -0.25) is 14.7 Å². The Bertz CT molecular complexity index is 776. The van der Waals surface area contributed by atoms with E-state index in [-0.39, 0.29) is 17.6 Å². The van der Waals surface area contributed by atoms with E-state index in [2.05, 4.69) is 20.4 Å². The number of hydrogen-bond donors (Lipinski definition) is 1. The van der Waals surface area contributed by atoms with E-state index >= 15 is 0 Å². The van der Waals surface area contributed by atoms with E-state index in [1.807, 2.05) is 12.1 Å². The summed E-state index contributed by atoms with van der Waals surface area (Å²) in [6, 6.07) is 8.14. The Labute approximate surface area is 156 Å². The van der Waals surface area contributed by atoms with Crippen LogP contribution in [0.25, 0.3) is 0 Å². The normalized spacial score (nSPS) is 16.1. The van der Waals surface area contributed by atoms with E-state index in [1.54, 1.807) is 24.7 Å². The fourth-order valence-electron chi connectivity index (χ4n) is 2.96. The van der Waals surface area contributed by atoms with Gasteiger partial charge in [0.2, 0.25) is 5.91 Å². The van der Waals surface area contributed by atoms with E-state index in [1.165, 1.54) is 12.1 Å². The molecule has 1 aromatic carbocycles. The summed E-state index contributed by atoms with van der Waals surface area (Å²) < 4.78 is 13.1. The smallest absolute Gasteiger partial charge is 0.243 e. The van der Waals surface area contributed by atoms with E-state index in [0.29, 0.717) is 11.6 Å². The lowest BCUT2D eigenvalue weighted by atomic mass is 9.96. The summed E-state index contributed by atoms with van der Waals surface area (Å²) >= 11 is 6.08. The highest BCUT2D eigenvalue weighted by molar-refractivity contribution is 6.31. The first-order valence-corrected chi connectivity index (χ1v) is 8.89. The van der Waals surface area contributed by atoms with E-state index in [9.17, 15) is 9.18 Å². The van der Waals surface area contributed by atoms with Gasteiger partial charge < -0.3 is 0 Å². The quantitative estimate of drug-likeness (QED) is 0.645. The molecule has 1 N–H and O–H groups in total. The first-order valence-electron chi connectivity index (χ1n) is 8.51. The Hall–Kier alpha value is -2.31. The second kappa shape index (κ2) is 8.87. The molecule has 26 heavy (non-hydrogen) atoms. The predicted molar refractivity (Wildman–Crippen MR) is 99.4 cm³/mol. The second-order valence-electron chi connectivity index (χ2n) is 6.31. The van der Waals surface area contributed by atoms with Crippen LogP contribution in [-0.4, -0.2) is 35.1 Å². The van der Waals surface area contributed by atoms with Crippen LogP contribution in [0.3, 0.4) is 0 Å². The monoisotopic (exact) mass is 374 g/mol. The first kappa shape index (κ1) is 18.5. The van der Waals surface area contributed by atoms with Crippen LogP contribution in [0.15, 0.2) is 47.8 Å². The molecule has 3 rings (SSSR count). The molecule has 2 aromatic rings. The van der Waals surface area contributed by atoms with Gasteiger partial charge in [-0.15, -0.1) is 0 Å². The van der Waals surface area contributed by atoms with Gasteiger partial charge in [0.15, 0.2) is 0 Å². The average Bonchev–Trinajstić information content (AvgIpc) is 2.65. The highest BCUT2D eigenvalue weighted by Crippen LogP contribution is 2.23. The van der Waals surface area contributed by atoms with Gasteiger partial charge in [0.05, 0.1) is 6.21 Å². The van der Waals surface area contributed by atoms with Crippen molar-refractivity contribution in [3.8, 4) is 0 Å². The highest BCUT2D eigenvalue weighted by atomic mass is 35.5. The van der Waals surface area contributed by atoms with Gasteiger partial charge in [-0.1, -0.05) is 23.7 Å². The number of rotatable bonds is 5. The zero-order chi connectivity index (χ0) is 18.4. The van der Waals surface area contributed by atoms with Gasteiger partial charge in [0, 0.05) is 35.4 Å². The number of aromatic nitrogens is 1. The number of amides is 1. The van der Waals surface area contributed by atoms with Crippen molar-refractivity contribution >= 4 is 23.7 Å². The summed E-state index contributed by atoms with van der Waals surface area (Å²) in [6.07, 6.45) is 6.45. The maximum atomic E-state index is 13.1. The molecular formula is C19H20ClFN4O. The Morgan fingerprint density at radius 1 is 1.38 bits per heavy atom. The fraction of sp³-hybridized carbons (Fsp3) is 0.316. The number of piperidine rings is 1. The van der Waals surface area contributed by atoms with Crippen molar-refractivity contribution in [1.29, 1.82) is 0 Å². The Morgan fingerprint density at radius 2 is 2.19 bits per heavy atom. The van der Waals surface area contributed by atoms with Crippen LogP contribution in [0.1, 0.15) is 24.0 Å². The molecule has 136 valence electrons. The predicted octanol–water partition coefficient (Wildman–Crippen LogP) is 3.24. The summed E-state index contributed by atoms with van der Waals surface area (Å²) in [7, 11) is 0. The molecule has 1 amide bonds. The van der Waals surface area contributed by atoms with E-state index < -0.39 is 0 Å². The topological polar surface area (TPSA) is 57.6 Å². The average molecular weight is 375 g/mol. The number of halogens is 2. The Kier molecular flexibility index (Phi) is 6.30.